The Labute approximate surface area is 90.3 Å². The van der Waals surface area contributed by atoms with Crippen LogP contribution in [0.3, 0.4) is 0 Å². The monoisotopic (exact) mass is 213 g/mol. The Morgan fingerprint density at radius 1 is 1.60 bits per heavy atom. The van der Waals surface area contributed by atoms with Crippen molar-refractivity contribution in [1.82, 2.24) is 4.90 Å². The molecule has 0 amide bonds. The van der Waals surface area contributed by atoms with Crippen LogP contribution in [0.1, 0.15) is 27.2 Å². The number of likely N-dealkylation sites (tertiary alicyclic amines) is 1. The van der Waals surface area contributed by atoms with Crippen molar-refractivity contribution in [2.24, 2.45) is 11.3 Å². The van der Waals surface area contributed by atoms with Gasteiger partial charge in [0.1, 0.15) is 5.78 Å². The van der Waals surface area contributed by atoms with E-state index in [1.165, 1.54) is 0 Å². The minimum absolute atomic E-state index is 0.0448. The lowest BCUT2D eigenvalue weighted by atomic mass is 9.90. The van der Waals surface area contributed by atoms with E-state index in [-0.39, 0.29) is 5.92 Å². The van der Waals surface area contributed by atoms with Gasteiger partial charge >= 0.3 is 5.97 Å². The van der Waals surface area contributed by atoms with Crippen LogP contribution in [0, 0.1) is 11.3 Å². The Morgan fingerprint density at radius 3 is 2.67 bits per heavy atom. The summed E-state index contributed by atoms with van der Waals surface area (Å²) in [5.41, 5.74) is -0.736. The van der Waals surface area contributed by atoms with Gasteiger partial charge < -0.3 is 10.0 Å². The molecule has 1 aliphatic heterocycles. The zero-order chi connectivity index (χ0) is 11.6. The first-order chi connectivity index (χ1) is 6.83. The molecule has 86 valence electrons. The van der Waals surface area contributed by atoms with Crippen molar-refractivity contribution in [3.8, 4) is 0 Å². The van der Waals surface area contributed by atoms with Gasteiger partial charge in [-0.3, -0.25) is 9.59 Å². The first kappa shape index (κ1) is 12.2. The van der Waals surface area contributed by atoms with Crippen molar-refractivity contribution in [1.29, 1.82) is 0 Å². The van der Waals surface area contributed by atoms with Crippen LogP contribution in [0.4, 0.5) is 0 Å². The van der Waals surface area contributed by atoms with Gasteiger partial charge in [-0.1, -0.05) is 6.92 Å². The number of carbonyl (C=O) groups is 2. The summed E-state index contributed by atoms with van der Waals surface area (Å²) in [6.45, 7) is 7.24. The second-order valence-electron chi connectivity index (χ2n) is 5.04. The summed E-state index contributed by atoms with van der Waals surface area (Å²) in [7, 11) is 0. The lowest BCUT2D eigenvalue weighted by Gasteiger charge is -2.34. The van der Waals surface area contributed by atoms with Crippen molar-refractivity contribution < 1.29 is 14.7 Å². The standard InChI is InChI=1S/C11H19NO3/c1-8-6-12(5-4-9(8)13)7-11(2,3)10(14)15/h8H,4-7H2,1-3H3,(H,14,15). The van der Waals surface area contributed by atoms with E-state index >= 15 is 0 Å². The van der Waals surface area contributed by atoms with Crippen LogP contribution >= 0.6 is 0 Å². The van der Waals surface area contributed by atoms with Crippen LogP contribution in [0.2, 0.25) is 0 Å². The third-order valence-corrected chi connectivity index (χ3v) is 2.95. The fraction of sp³-hybridized carbons (Fsp3) is 0.818. The van der Waals surface area contributed by atoms with Crippen molar-refractivity contribution in [2.75, 3.05) is 19.6 Å². The first-order valence-electron chi connectivity index (χ1n) is 5.31. The van der Waals surface area contributed by atoms with Gasteiger partial charge in [-0.05, 0) is 13.8 Å². The normalized spacial score (nSPS) is 24.2. The summed E-state index contributed by atoms with van der Waals surface area (Å²) in [5, 5.41) is 9.00. The maximum absolute atomic E-state index is 11.3. The molecule has 1 fully saturated rings. The maximum atomic E-state index is 11.3. The van der Waals surface area contributed by atoms with E-state index in [0.717, 1.165) is 0 Å². The van der Waals surface area contributed by atoms with E-state index in [9.17, 15) is 9.59 Å². The van der Waals surface area contributed by atoms with Crippen molar-refractivity contribution in [3.63, 3.8) is 0 Å². The highest BCUT2D eigenvalue weighted by molar-refractivity contribution is 5.81. The third-order valence-electron chi connectivity index (χ3n) is 2.95. The van der Waals surface area contributed by atoms with Gasteiger partial charge in [-0.2, -0.15) is 0 Å². The number of nitrogens with zero attached hydrogens (tertiary/aromatic N) is 1. The van der Waals surface area contributed by atoms with Gasteiger partial charge in [-0.25, -0.2) is 0 Å². The highest BCUT2D eigenvalue weighted by Gasteiger charge is 2.32. The molecule has 0 saturated carbocycles. The van der Waals surface area contributed by atoms with E-state index in [2.05, 4.69) is 4.90 Å². The third kappa shape index (κ3) is 3.02. The van der Waals surface area contributed by atoms with Crippen LogP contribution in [0.15, 0.2) is 0 Å². The molecular weight excluding hydrogens is 194 g/mol. The molecule has 0 spiro atoms. The molecule has 0 bridgehead atoms. The van der Waals surface area contributed by atoms with Gasteiger partial charge in [0.2, 0.25) is 0 Å². The molecule has 1 heterocycles. The Hall–Kier alpha value is -0.900. The Bertz CT molecular complexity index is 273. The van der Waals surface area contributed by atoms with E-state index in [0.29, 0.717) is 31.8 Å². The number of carbonyl (C=O) groups excluding carboxylic acids is 1. The van der Waals surface area contributed by atoms with Crippen LogP contribution in [0.25, 0.3) is 0 Å². The van der Waals surface area contributed by atoms with Crippen LogP contribution < -0.4 is 0 Å². The Balaban J connectivity index is 2.53. The largest absolute Gasteiger partial charge is 0.481 e. The van der Waals surface area contributed by atoms with Crippen LogP contribution in [-0.2, 0) is 9.59 Å². The summed E-state index contributed by atoms with van der Waals surface area (Å²) in [4.78, 5) is 24.3. The van der Waals surface area contributed by atoms with Crippen molar-refractivity contribution >= 4 is 11.8 Å². The van der Waals surface area contributed by atoms with E-state index in [1.54, 1.807) is 13.8 Å². The number of rotatable bonds is 3. The van der Waals surface area contributed by atoms with Gasteiger partial charge in [0.15, 0.2) is 0 Å². The highest BCUT2D eigenvalue weighted by Crippen LogP contribution is 2.21. The predicted molar refractivity (Wildman–Crippen MR) is 56.6 cm³/mol. The quantitative estimate of drug-likeness (QED) is 0.760. The van der Waals surface area contributed by atoms with Crippen molar-refractivity contribution in [3.05, 3.63) is 0 Å². The molecule has 1 N–H and O–H groups in total. The molecule has 0 aromatic rings. The number of carboxylic acid groups (broad SMARTS) is 1. The molecule has 15 heavy (non-hydrogen) atoms. The molecule has 1 saturated heterocycles. The summed E-state index contributed by atoms with van der Waals surface area (Å²) < 4.78 is 0. The number of Topliss-reactive ketones (excluding diaryl/α,β-unsaturated/α-hetero) is 1. The smallest absolute Gasteiger partial charge is 0.310 e. The van der Waals surface area contributed by atoms with Crippen LogP contribution in [-0.4, -0.2) is 41.4 Å². The number of carboxylic acids is 1. The molecule has 1 atom stereocenters. The number of ketones is 1. The number of piperidine rings is 1. The van der Waals surface area contributed by atoms with Gasteiger partial charge in [0.05, 0.1) is 5.41 Å². The van der Waals surface area contributed by atoms with E-state index in [4.69, 9.17) is 5.11 Å². The summed E-state index contributed by atoms with van der Waals surface area (Å²) in [6, 6.07) is 0. The molecule has 4 heteroatoms. The molecule has 1 aliphatic rings. The second kappa shape index (κ2) is 4.31. The lowest BCUT2D eigenvalue weighted by molar-refractivity contribution is -0.148. The van der Waals surface area contributed by atoms with E-state index in [1.807, 2.05) is 6.92 Å². The molecule has 0 radical (unpaired) electrons. The zero-order valence-electron chi connectivity index (χ0n) is 9.62. The molecular formula is C11H19NO3. The van der Waals surface area contributed by atoms with E-state index < -0.39 is 11.4 Å². The molecule has 0 aromatic carbocycles. The average Bonchev–Trinajstić information content (AvgIpc) is 2.10. The minimum Gasteiger partial charge on any atom is -0.481 e. The molecule has 4 nitrogen and oxygen atoms in total. The topological polar surface area (TPSA) is 57.6 Å². The molecule has 0 aliphatic carbocycles. The zero-order valence-corrected chi connectivity index (χ0v) is 9.62. The lowest BCUT2D eigenvalue weighted by Crippen LogP contribution is -2.46. The fourth-order valence-electron chi connectivity index (χ4n) is 1.87. The SMILES string of the molecule is CC1CN(CC(C)(C)C(=O)O)CCC1=O. The summed E-state index contributed by atoms with van der Waals surface area (Å²) in [5.74, 6) is -0.449. The molecule has 1 rings (SSSR count). The van der Waals surface area contributed by atoms with Crippen LogP contribution in [0.5, 0.6) is 0 Å². The number of hydrogen-bond donors (Lipinski definition) is 1. The second-order valence-corrected chi connectivity index (χ2v) is 5.04. The molecule has 1 unspecified atom stereocenters. The Morgan fingerprint density at radius 2 is 2.20 bits per heavy atom. The van der Waals surface area contributed by atoms with Gasteiger partial charge in [0.25, 0.3) is 0 Å². The molecule has 0 aromatic heterocycles. The number of aliphatic carboxylic acids is 1. The summed E-state index contributed by atoms with van der Waals surface area (Å²) in [6.07, 6.45) is 0.552. The number of hydrogen-bond acceptors (Lipinski definition) is 3. The van der Waals surface area contributed by atoms with Gasteiger partial charge in [0, 0.05) is 32.0 Å². The maximum Gasteiger partial charge on any atom is 0.310 e. The minimum atomic E-state index is -0.785. The highest BCUT2D eigenvalue weighted by atomic mass is 16.4. The average molecular weight is 213 g/mol. The van der Waals surface area contributed by atoms with Crippen molar-refractivity contribution in [2.45, 2.75) is 27.2 Å². The Kier molecular flexibility index (Phi) is 3.50. The summed E-state index contributed by atoms with van der Waals surface area (Å²) >= 11 is 0. The first-order valence-corrected chi connectivity index (χ1v) is 5.31. The fourth-order valence-corrected chi connectivity index (χ4v) is 1.87. The van der Waals surface area contributed by atoms with Gasteiger partial charge in [-0.15, -0.1) is 0 Å². The predicted octanol–water partition coefficient (Wildman–Crippen LogP) is 1.01.